The van der Waals surface area contributed by atoms with Crippen molar-refractivity contribution in [1.29, 1.82) is 5.26 Å². The zero-order valence-corrected chi connectivity index (χ0v) is 47.3. The molecule has 0 fully saturated rings. The Hall–Kier alpha value is -12.2. The Kier molecular flexibility index (Phi) is 10.1. The number of hydrogen-bond acceptors (Lipinski definition) is 2. The fourth-order valence-corrected chi connectivity index (χ4v) is 15.0. The Morgan fingerprint density at radius 1 is 0.250 bits per heavy atom. The Morgan fingerprint density at radius 3 is 0.841 bits per heavy atom. The highest BCUT2D eigenvalue weighted by Gasteiger charge is 2.38. The summed E-state index contributed by atoms with van der Waals surface area (Å²) < 4.78 is 15.3. The zero-order valence-electron chi connectivity index (χ0n) is 47.3. The summed E-state index contributed by atoms with van der Waals surface area (Å²) >= 11 is 0. The van der Waals surface area contributed by atoms with Crippen molar-refractivity contribution >= 4 is 120 Å². The Bertz CT molecular complexity index is 5730. The number of pyridine rings is 1. The second-order valence-corrected chi connectivity index (χ2v) is 22.9. The largest absolute Gasteiger partial charge is 0.306 e. The molecule has 0 aliphatic heterocycles. The molecule has 0 spiro atoms. The first-order valence-corrected chi connectivity index (χ1v) is 29.9. The van der Waals surface area contributed by atoms with Crippen LogP contribution in [0.5, 0.6) is 0 Å². The van der Waals surface area contributed by atoms with Crippen LogP contribution < -0.4 is 0 Å². The molecule has 7 heterocycles. The summed E-state index contributed by atoms with van der Waals surface area (Å²) in [5, 5.41) is 23.1. The minimum absolute atomic E-state index is 0.470. The van der Waals surface area contributed by atoms with E-state index < -0.39 is 0 Å². The van der Waals surface area contributed by atoms with Crippen LogP contribution in [0, 0.1) is 11.3 Å². The Labute approximate surface area is 503 Å². The molecule has 0 aliphatic carbocycles. The maximum absolute atomic E-state index is 10.7. The molecule has 0 aliphatic rings. The van der Waals surface area contributed by atoms with Gasteiger partial charge in [0.2, 0.25) is 0 Å². The molecule has 8 heteroatoms. The molecule has 19 aromatic rings. The summed E-state index contributed by atoms with van der Waals surface area (Å²) in [4.78, 5) is 5.57. The molecule has 8 nitrogen and oxygen atoms in total. The molecule has 19 rings (SSSR count). The van der Waals surface area contributed by atoms with Crippen LogP contribution in [0.4, 0.5) is 0 Å². The maximum atomic E-state index is 10.7. The van der Waals surface area contributed by atoms with Crippen molar-refractivity contribution in [2.75, 3.05) is 0 Å². The predicted molar refractivity (Wildman–Crippen MR) is 363 cm³/mol. The molecule has 0 N–H and O–H groups in total. The second kappa shape index (κ2) is 18.4. The zero-order chi connectivity index (χ0) is 57.7. The minimum atomic E-state index is 0.470. The van der Waals surface area contributed by atoms with Gasteiger partial charge in [0, 0.05) is 71.1 Å². The molecule has 0 unspecified atom stereocenters. The second-order valence-electron chi connectivity index (χ2n) is 22.9. The standard InChI is InChI=1S/C80H48N8/c81-48-50-46-47-62(82-49-50)74-75(84-63-36-14-4-26-52(63)53-27-5-15-37-64(53)84)77(86-67-40-18-8-30-56(67)57-31-9-19-41-68(57)86)79(88-72-45-23-13-35-61(72)73-60-34-12-22-44-71(60)83(80(73)88)51-24-2-1-3-25-51)78(87-69-42-20-10-32-58(69)59-33-11-21-43-70(59)87)76(74)85-65-38-16-6-28-54(65)55-29-7-17-39-66(55)85/h1-47,49H. The number of fused-ring (bicyclic) bond motifs is 17. The predicted octanol–water partition coefficient (Wildman–Crippen LogP) is 20.0. The quantitative estimate of drug-likeness (QED) is 0.160. The van der Waals surface area contributed by atoms with E-state index in [4.69, 9.17) is 4.98 Å². The smallest absolute Gasteiger partial charge is 0.131 e. The van der Waals surface area contributed by atoms with Crippen molar-refractivity contribution in [2.24, 2.45) is 0 Å². The van der Waals surface area contributed by atoms with Gasteiger partial charge >= 0.3 is 0 Å². The van der Waals surface area contributed by atoms with E-state index in [2.05, 4.69) is 313 Å². The SMILES string of the molecule is N#Cc1ccc(-c2c(-n3c4ccccc4c4ccccc43)c(-n3c4ccccc4c4ccccc43)c(-n3c4ccccc4c4c5ccccc5n(-c5ccccc5)c43)c(-n3c4ccccc4c4ccccc43)c2-n2c3ccccc3c3ccccc32)nc1. The molecule has 0 saturated heterocycles. The molecule has 0 bridgehead atoms. The third kappa shape index (κ3) is 6.48. The molecule has 408 valence electrons. The molecule has 0 atom stereocenters. The lowest BCUT2D eigenvalue weighted by atomic mass is 9.97. The third-order valence-electron chi connectivity index (χ3n) is 18.4. The van der Waals surface area contributed by atoms with Gasteiger partial charge in [0.05, 0.1) is 94.7 Å². The van der Waals surface area contributed by atoms with Crippen molar-refractivity contribution in [3.63, 3.8) is 0 Å². The first kappa shape index (κ1) is 48.2. The van der Waals surface area contributed by atoms with Crippen LogP contribution >= 0.6 is 0 Å². The topological polar surface area (TPSA) is 66.3 Å². The van der Waals surface area contributed by atoms with Gasteiger partial charge in [0.25, 0.3) is 0 Å². The lowest BCUT2D eigenvalue weighted by Gasteiger charge is -2.31. The van der Waals surface area contributed by atoms with Crippen LogP contribution in [-0.4, -0.2) is 32.4 Å². The summed E-state index contributed by atoms with van der Waals surface area (Å²) in [7, 11) is 0. The molecule has 88 heavy (non-hydrogen) atoms. The lowest BCUT2D eigenvalue weighted by Crippen LogP contribution is -2.19. The van der Waals surface area contributed by atoms with Gasteiger partial charge in [-0.1, -0.05) is 200 Å². The van der Waals surface area contributed by atoms with Gasteiger partial charge in [0.15, 0.2) is 0 Å². The van der Waals surface area contributed by atoms with Gasteiger partial charge in [-0.3, -0.25) is 14.1 Å². The van der Waals surface area contributed by atoms with Gasteiger partial charge in [-0.2, -0.15) is 5.26 Å². The van der Waals surface area contributed by atoms with E-state index in [0.717, 1.165) is 160 Å². The third-order valence-corrected chi connectivity index (χ3v) is 18.4. The average Bonchev–Trinajstić information content (AvgIpc) is 1.46. The molecular formula is C80H48N8. The summed E-state index contributed by atoms with van der Waals surface area (Å²) in [5.41, 5.74) is 19.1. The first-order valence-electron chi connectivity index (χ1n) is 29.9. The van der Waals surface area contributed by atoms with Gasteiger partial charge in [0.1, 0.15) is 17.4 Å². The van der Waals surface area contributed by atoms with Crippen molar-refractivity contribution in [3.8, 4) is 51.5 Å². The van der Waals surface area contributed by atoms with Crippen LogP contribution in [0.2, 0.25) is 0 Å². The highest BCUT2D eigenvalue weighted by Crippen LogP contribution is 2.55. The average molecular weight is 1120 g/mol. The van der Waals surface area contributed by atoms with Gasteiger partial charge in [-0.25, -0.2) is 0 Å². The van der Waals surface area contributed by atoms with Crippen molar-refractivity contribution < 1.29 is 0 Å². The van der Waals surface area contributed by atoms with Crippen molar-refractivity contribution in [3.05, 3.63) is 297 Å². The van der Waals surface area contributed by atoms with E-state index in [1.165, 1.54) is 0 Å². The number of nitrogens with zero attached hydrogens (tertiary/aromatic N) is 8. The van der Waals surface area contributed by atoms with Gasteiger partial charge < -0.3 is 18.3 Å². The van der Waals surface area contributed by atoms with Crippen LogP contribution in [0.3, 0.4) is 0 Å². The van der Waals surface area contributed by atoms with E-state index in [1.807, 2.05) is 6.07 Å². The van der Waals surface area contributed by atoms with Crippen LogP contribution in [-0.2, 0) is 0 Å². The van der Waals surface area contributed by atoms with E-state index in [1.54, 1.807) is 6.20 Å². The molecular weight excluding hydrogens is 1070 g/mol. The van der Waals surface area contributed by atoms with E-state index >= 15 is 0 Å². The number of nitriles is 1. The summed E-state index contributed by atoms with van der Waals surface area (Å²) in [6.45, 7) is 0. The summed E-state index contributed by atoms with van der Waals surface area (Å²) in [6.07, 6.45) is 1.75. The number of para-hydroxylation sites is 11. The molecule has 0 radical (unpaired) electrons. The lowest BCUT2D eigenvalue weighted by molar-refractivity contribution is 0.982. The monoisotopic (exact) mass is 1120 g/mol. The molecule has 7 aromatic heterocycles. The maximum Gasteiger partial charge on any atom is 0.131 e. The highest BCUT2D eigenvalue weighted by molar-refractivity contribution is 6.24. The van der Waals surface area contributed by atoms with Crippen LogP contribution in [0.15, 0.2) is 291 Å². The fraction of sp³-hybridized carbons (Fsp3) is 0. The highest BCUT2D eigenvalue weighted by atomic mass is 15.2. The Morgan fingerprint density at radius 2 is 0.523 bits per heavy atom. The molecule has 12 aromatic carbocycles. The Balaban J connectivity index is 1.23. The molecule has 0 amide bonds. The van der Waals surface area contributed by atoms with Crippen molar-refractivity contribution in [2.45, 2.75) is 0 Å². The summed E-state index contributed by atoms with van der Waals surface area (Å²) in [5.74, 6) is 0. The van der Waals surface area contributed by atoms with E-state index in [-0.39, 0.29) is 0 Å². The summed E-state index contributed by atoms with van der Waals surface area (Å²) in [6, 6.07) is 106. The van der Waals surface area contributed by atoms with E-state index in [9.17, 15) is 5.26 Å². The first-order chi connectivity index (χ1) is 43.7. The van der Waals surface area contributed by atoms with E-state index in [0.29, 0.717) is 11.3 Å². The number of rotatable bonds is 7. The van der Waals surface area contributed by atoms with Crippen LogP contribution in [0.1, 0.15) is 5.56 Å². The fourth-order valence-electron chi connectivity index (χ4n) is 15.0. The number of aromatic nitrogens is 7. The van der Waals surface area contributed by atoms with Gasteiger partial charge in [-0.05, 0) is 84.9 Å². The minimum Gasteiger partial charge on any atom is -0.306 e. The normalized spacial score (nSPS) is 12.1. The van der Waals surface area contributed by atoms with Crippen molar-refractivity contribution in [1.82, 2.24) is 32.4 Å². The number of benzene rings is 12. The van der Waals surface area contributed by atoms with Gasteiger partial charge in [-0.15, -0.1) is 0 Å². The number of hydrogen-bond donors (Lipinski definition) is 0. The molecule has 0 saturated carbocycles. The van der Waals surface area contributed by atoms with Crippen LogP contribution in [0.25, 0.3) is 165 Å².